The predicted molar refractivity (Wildman–Crippen MR) is 67.5 cm³/mol. The highest BCUT2D eigenvalue weighted by molar-refractivity contribution is 6.34. The van der Waals surface area contributed by atoms with Crippen LogP contribution in [0, 0.1) is 13.8 Å². The fourth-order valence-electron chi connectivity index (χ4n) is 1.63. The molecule has 0 unspecified atom stereocenters. The van der Waals surface area contributed by atoms with Crippen LogP contribution >= 0.6 is 11.6 Å². The van der Waals surface area contributed by atoms with Gasteiger partial charge in [0.25, 0.3) is 5.91 Å². The monoisotopic (exact) mass is 249 g/mol. The zero-order chi connectivity index (χ0) is 12.4. The number of carbonyl (C=O) groups excluding carboxylic acids is 1. The lowest BCUT2D eigenvalue weighted by Crippen LogP contribution is -2.13. The van der Waals surface area contributed by atoms with Gasteiger partial charge in [0.15, 0.2) is 0 Å². The molecule has 17 heavy (non-hydrogen) atoms. The molecule has 5 heteroatoms. The van der Waals surface area contributed by atoms with Crippen LogP contribution in [0.4, 0.5) is 5.69 Å². The second kappa shape index (κ2) is 4.59. The van der Waals surface area contributed by atoms with Crippen LogP contribution in [0.15, 0.2) is 24.7 Å². The summed E-state index contributed by atoms with van der Waals surface area (Å²) >= 11 is 6.10. The van der Waals surface area contributed by atoms with Gasteiger partial charge in [0.1, 0.15) is 5.69 Å². The van der Waals surface area contributed by atoms with E-state index >= 15 is 0 Å². The van der Waals surface area contributed by atoms with Gasteiger partial charge in [-0.05, 0) is 31.0 Å². The molecular formula is C12H12ClN3O. The molecule has 88 valence electrons. The van der Waals surface area contributed by atoms with E-state index in [1.165, 1.54) is 12.5 Å². The molecule has 0 aliphatic rings. The summed E-state index contributed by atoms with van der Waals surface area (Å²) in [5.74, 6) is -0.253. The number of carbonyl (C=O) groups is 1. The summed E-state index contributed by atoms with van der Waals surface area (Å²) in [4.78, 5) is 18.4. The van der Waals surface area contributed by atoms with E-state index in [2.05, 4.69) is 15.3 Å². The van der Waals surface area contributed by atoms with Crippen molar-refractivity contribution in [2.24, 2.45) is 0 Å². The maximum absolute atomic E-state index is 11.8. The molecule has 0 saturated heterocycles. The van der Waals surface area contributed by atoms with Crippen LogP contribution in [0.3, 0.4) is 0 Å². The van der Waals surface area contributed by atoms with Crippen molar-refractivity contribution >= 4 is 23.2 Å². The molecule has 1 heterocycles. The summed E-state index contributed by atoms with van der Waals surface area (Å²) < 4.78 is 0. The number of H-pyrrole nitrogens is 1. The van der Waals surface area contributed by atoms with Crippen molar-refractivity contribution in [3.8, 4) is 0 Å². The Labute approximate surface area is 104 Å². The van der Waals surface area contributed by atoms with Crippen LogP contribution in [0.2, 0.25) is 5.02 Å². The first-order valence-corrected chi connectivity index (χ1v) is 5.52. The van der Waals surface area contributed by atoms with Crippen LogP contribution in [0.1, 0.15) is 21.6 Å². The number of benzene rings is 1. The second-order valence-electron chi connectivity index (χ2n) is 3.86. The minimum Gasteiger partial charge on any atom is -0.341 e. The molecule has 4 nitrogen and oxygen atoms in total. The second-order valence-corrected chi connectivity index (χ2v) is 4.27. The van der Waals surface area contributed by atoms with E-state index in [4.69, 9.17) is 11.6 Å². The predicted octanol–water partition coefficient (Wildman–Crippen LogP) is 2.93. The number of aromatic nitrogens is 2. The molecule has 0 saturated carbocycles. The van der Waals surface area contributed by atoms with Crippen LogP contribution in [-0.2, 0) is 0 Å². The number of nitrogens with one attached hydrogen (secondary N) is 2. The minimum absolute atomic E-state index is 0.253. The maximum atomic E-state index is 11.8. The van der Waals surface area contributed by atoms with Gasteiger partial charge in [-0.25, -0.2) is 4.98 Å². The molecule has 2 aromatic rings. The summed E-state index contributed by atoms with van der Waals surface area (Å²) in [5, 5.41) is 3.30. The third-order valence-electron chi connectivity index (χ3n) is 2.41. The average Bonchev–Trinajstić information content (AvgIpc) is 2.76. The van der Waals surface area contributed by atoms with E-state index in [-0.39, 0.29) is 5.91 Å². The number of anilines is 1. The lowest BCUT2D eigenvalue weighted by atomic mass is 10.1. The van der Waals surface area contributed by atoms with Crippen molar-refractivity contribution in [2.75, 3.05) is 5.32 Å². The molecule has 1 aromatic heterocycles. The number of aryl methyl sites for hydroxylation is 2. The van der Waals surface area contributed by atoms with Gasteiger partial charge in [0.2, 0.25) is 0 Å². The molecule has 0 fully saturated rings. The van der Waals surface area contributed by atoms with Crippen molar-refractivity contribution in [3.63, 3.8) is 0 Å². The first-order valence-electron chi connectivity index (χ1n) is 5.14. The number of hydrogen-bond acceptors (Lipinski definition) is 2. The fourth-order valence-corrected chi connectivity index (χ4v) is 2.00. The van der Waals surface area contributed by atoms with Crippen molar-refractivity contribution < 1.29 is 4.79 Å². The Morgan fingerprint density at radius 2 is 2.18 bits per heavy atom. The topological polar surface area (TPSA) is 57.8 Å². The molecule has 0 bridgehead atoms. The van der Waals surface area contributed by atoms with Gasteiger partial charge in [-0.3, -0.25) is 4.79 Å². The first kappa shape index (κ1) is 11.7. The molecule has 0 radical (unpaired) electrons. The molecule has 0 aliphatic heterocycles. The zero-order valence-electron chi connectivity index (χ0n) is 9.54. The molecule has 0 spiro atoms. The van der Waals surface area contributed by atoms with Gasteiger partial charge < -0.3 is 10.3 Å². The standard InChI is InChI=1S/C12H12ClN3O/c1-7-3-8(2)11(9(13)4-7)16-12(17)10-5-14-6-15-10/h3-6H,1-2H3,(H,14,15)(H,16,17). The van der Waals surface area contributed by atoms with Crippen molar-refractivity contribution in [1.29, 1.82) is 0 Å². The van der Waals surface area contributed by atoms with Crippen LogP contribution < -0.4 is 5.32 Å². The highest BCUT2D eigenvalue weighted by Crippen LogP contribution is 2.27. The number of aromatic amines is 1. The summed E-state index contributed by atoms with van der Waals surface area (Å²) in [7, 11) is 0. The SMILES string of the molecule is Cc1cc(C)c(NC(=O)c2cnc[nH]2)c(Cl)c1. The molecule has 0 aliphatic carbocycles. The largest absolute Gasteiger partial charge is 0.341 e. The molecular weight excluding hydrogens is 238 g/mol. The lowest BCUT2D eigenvalue weighted by Gasteiger charge is -2.10. The van der Waals surface area contributed by atoms with Crippen LogP contribution in [0.25, 0.3) is 0 Å². The van der Waals surface area contributed by atoms with Crippen LogP contribution in [-0.4, -0.2) is 15.9 Å². The Bertz CT molecular complexity index is 526. The third kappa shape index (κ3) is 2.47. The van der Waals surface area contributed by atoms with E-state index in [9.17, 15) is 4.79 Å². The van der Waals surface area contributed by atoms with E-state index in [1.807, 2.05) is 26.0 Å². The first-order chi connectivity index (χ1) is 8.08. The van der Waals surface area contributed by atoms with E-state index in [0.29, 0.717) is 16.4 Å². The third-order valence-corrected chi connectivity index (χ3v) is 2.71. The molecule has 2 rings (SSSR count). The molecule has 1 amide bonds. The Morgan fingerprint density at radius 1 is 1.41 bits per heavy atom. The van der Waals surface area contributed by atoms with Crippen molar-refractivity contribution in [1.82, 2.24) is 9.97 Å². The number of imidazole rings is 1. The quantitative estimate of drug-likeness (QED) is 0.860. The number of rotatable bonds is 2. The summed E-state index contributed by atoms with van der Waals surface area (Å²) in [6, 6.07) is 3.78. The Morgan fingerprint density at radius 3 is 2.76 bits per heavy atom. The maximum Gasteiger partial charge on any atom is 0.273 e. The number of amides is 1. The fraction of sp³-hybridized carbons (Fsp3) is 0.167. The summed E-state index contributed by atoms with van der Waals surface area (Å²) in [6.07, 6.45) is 2.92. The smallest absolute Gasteiger partial charge is 0.273 e. The highest BCUT2D eigenvalue weighted by Gasteiger charge is 2.11. The van der Waals surface area contributed by atoms with Gasteiger partial charge in [0.05, 0.1) is 23.2 Å². The van der Waals surface area contributed by atoms with E-state index in [0.717, 1.165) is 11.1 Å². The molecule has 2 N–H and O–H groups in total. The summed E-state index contributed by atoms with van der Waals surface area (Å²) in [6.45, 7) is 3.86. The average molecular weight is 250 g/mol. The number of hydrogen-bond donors (Lipinski definition) is 2. The zero-order valence-corrected chi connectivity index (χ0v) is 10.3. The van der Waals surface area contributed by atoms with E-state index < -0.39 is 0 Å². The molecule has 1 aromatic carbocycles. The lowest BCUT2D eigenvalue weighted by molar-refractivity contribution is 0.102. The van der Waals surface area contributed by atoms with Gasteiger partial charge in [0, 0.05) is 0 Å². The van der Waals surface area contributed by atoms with Gasteiger partial charge in [-0.2, -0.15) is 0 Å². The van der Waals surface area contributed by atoms with Gasteiger partial charge in [-0.15, -0.1) is 0 Å². The number of nitrogens with zero attached hydrogens (tertiary/aromatic N) is 1. The molecule has 0 atom stereocenters. The van der Waals surface area contributed by atoms with Crippen molar-refractivity contribution in [2.45, 2.75) is 13.8 Å². The summed E-state index contributed by atoms with van der Waals surface area (Å²) in [5.41, 5.74) is 3.04. The normalized spacial score (nSPS) is 10.3. The van der Waals surface area contributed by atoms with E-state index in [1.54, 1.807) is 0 Å². The number of halogens is 1. The van der Waals surface area contributed by atoms with Gasteiger partial charge >= 0.3 is 0 Å². The van der Waals surface area contributed by atoms with Gasteiger partial charge in [-0.1, -0.05) is 17.7 Å². The van der Waals surface area contributed by atoms with Crippen molar-refractivity contribution in [3.05, 3.63) is 46.5 Å². The minimum atomic E-state index is -0.253. The Kier molecular flexibility index (Phi) is 3.15. The Balaban J connectivity index is 2.28. The van der Waals surface area contributed by atoms with Crippen LogP contribution in [0.5, 0.6) is 0 Å². The Hall–Kier alpha value is -1.81. The highest BCUT2D eigenvalue weighted by atomic mass is 35.5.